The fourth-order valence-corrected chi connectivity index (χ4v) is 3.72. The molecule has 0 radical (unpaired) electrons. The van der Waals surface area contributed by atoms with E-state index in [1.165, 1.54) is 0 Å². The van der Waals surface area contributed by atoms with Gasteiger partial charge in [-0.15, -0.1) is 0 Å². The van der Waals surface area contributed by atoms with Gasteiger partial charge < -0.3 is 21.7 Å². The summed E-state index contributed by atoms with van der Waals surface area (Å²) in [4.78, 5) is 4.41. The number of hydrogen-bond donors (Lipinski definition) is 4. The van der Waals surface area contributed by atoms with E-state index in [2.05, 4.69) is 4.98 Å². The fraction of sp³-hybridized carbons (Fsp3) is 0.421. The van der Waals surface area contributed by atoms with E-state index in [-0.39, 0.29) is 0 Å². The second kappa shape index (κ2) is 5.19. The van der Waals surface area contributed by atoms with Gasteiger partial charge in [-0.25, -0.2) is 0 Å². The molecule has 2 saturated carbocycles. The first-order valence-electron chi connectivity index (χ1n) is 8.52. The van der Waals surface area contributed by atoms with E-state index in [1.807, 2.05) is 24.3 Å². The third-order valence-electron chi connectivity index (χ3n) is 5.61. The SMILES string of the molecule is Nc1cc(-c2cnc(C3(O)CCC3)c(N)c2)ccc1C1(O)CCC1. The van der Waals surface area contributed by atoms with Crippen LogP contribution >= 0.6 is 0 Å². The third-order valence-corrected chi connectivity index (χ3v) is 5.61. The Morgan fingerprint density at radius 3 is 1.96 bits per heavy atom. The summed E-state index contributed by atoms with van der Waals surface area (Å²) in [6, 6.07) is 7.54. The van der Waals surface area contributed by atoms with E-state index in [4.69, 9.17) is 11.5 Å². The highest BCUT2D eigenvalue weighted by molar-refractivity contribution is 5.72. The van der Waals surface area contributed by atoms with Crippen LogP contribution < -0.4 is 11.5 Å². The smallest absolute Gasteiger partial charge is 0.109 e. The number of aromatic nitrogens is 1. The van der Waals surface area contributed by atoms with Gasteiger partial charge in [-0.05, 0) is 56.2 Å². The van der Waals surface area contributed by atoms with Gasteiger partial charge in [0.1, 0.15) is 5.60 Å². The van der Waals surface area contributed by atoms with E-state index in [0.29, 0.717) is 29.9 Å². The van der Waals surface area contributed by atoms with Crippen molar-refractivity contribution in [2.45, 2.75) is 49.7 Å². The fourth-order valence-electron chi connectivity index (χ4n) is 3.72. The van der Waals surface area contributed by atoms with Crippen LogP contribution in [0.2, 0.25) is 0 Å². The second-order valence-corrected chi connectivity index (χ2v) is 7.23. The van der Waals surface area contributed by atoms with Crippen LogP contribution in [-0.2, 0) is 11.2 Å². The molecule has 2 fully saturated rings. The summed E-state index contributed by atoms with van der Waals surface area (Å²) in [6.07, 6.45) is 6.71. The molecule has 0 unspecified atom stereocenters. The predicted molar refractivity (Wildman–Crippen MR) is 94.0 cm³/mol. The molecule has 1 heterocycles. The minimum absolute atomic E-state index is 0.509. The molecule has 1 aromatic carbocycles. The van der Waals surface area contributed by atoms with E-state index < -0.39 is 11.2 Å². The van der Waals surface area contributed by atoms with Crippen molar-refractivity contribution in [3.63, 3.8) is 0 Å². The maximum atomic E-state index is 10.5. The van der Waals surface area contributed by atoms with Gasteiger partial charge in [0.25, 0.3) is 0 Å². The Kier molecular flexibility index (Phi) is 3.34. The number of nitrogens with two attached hydrogens (primary N) is 2. The lowest BCUT2D eigenvalue weighted by Gasteiger charge is -2.38. The molecule has 126 valence electrons. The summed E-state index contributed by atoms with van der Waals surface area (Å²) in [5.74, 6) is 0. The standard InChI is InChI=1S/C19H23N3O2/c20-15-9-12(3-4-14(15)18(23)5-1-6-18)13-10-16(21)17(22-11-13)19(24)7-2-8-19/h3-4,9-11,23-24H,1-2,5-8,20-21H2. The second-order valence-electron chi connectivity index (χ2n) is 7.23. The molecule has 2 aliphatic carbocycles. The molecule has 1 aromatic heterocycles. The van der Waals surface area contributed by atoms with E-state index in [9.17, 15) is 10.2 Å². The van der Waals surface area contributed by atoms with Crippen LogP contribution in [0.5, 0.6) is 0 Å². The van der Waals surface area contributed by atoms with Crippen LogP contribution in [0.4, 0.5) is 11.4 Å². The Bertz CT molecular complexity index is 728. The first-order valence-corrected chi connectivity index (χ1v) is 8.52. The number of anilines is 2. The molecule has 0 saturated heterocycles. The Morgan fingerprint density at radius 1 is 0.833 bits per heavy atom. The zero-order chi connectivity index (χ0) is 16.9. The van der Waals surface area contributed by atoms with Crippen LogP contribution in [0.1, 0.15) is 49.8 Å². The molecule has 0 aliphatic heterocycles. The van der Waals surface area contributed by atoms with Crippen molar-refractivity contribution < 1.29 is 10.2 Å². The average Bonchev–Trinajstić information content (AvgIpc) is 2.50. The number of benzene rings is 1. The molecule has 5 nitrogen and oxygen atoms in total. The molecule has 6 N–H and O–H groups in total. The molecule has 0 atom stereocenters. The summed E-state index contributed by atoms with van der Waals surface area (Å²) in [6.45, 7) is 0. The highest BCUT2D eigenvalue weighted by Gasteiger charge is 2.39. The predicted octanol–water partition coefficient (Wildman–Crippen LogP) is 2.66. The molecule has 24 heavy (non-hydrogen) atoms. The van der Waals surface area contributed by atoms with Crippen molar-refractivity contribution in [1.82, 2.24) is 4.98 Å². The Balaban J connectivity index is 1.67. The molecule has 2 aromatic rings. The molecular formula is C19H23N3O2. The van der Waals surface area contributed by atoms with Crippen LogP contribution in [0.25, 0.3) is 11.1 Å². The van der Waals surface area contributed by atoms with Gasteiger partial charge in [0, 0.05) is 23.0 Å². The summed E-state index contributed by atoms with van der Waals surface area (Å²) >= 11 is 0. The van der Waals surface area contributed by atoms with E-state index in [1.54, 1.807) is 6.20 Å². The van der Waals surface area contributed by atoms with Crippen LogP contribution in [-0.4, -0.2) is 15.2 Å². The normalized spacial score (nSPS) is 20.9. The lowest BCUT2D eigenvalue weighted by atomic mass is 9.74. The van der Waals surface area contributed by atoms with Crippen molar-refractivity contribution in [1.29, 1.82) is 0 Å². The zero-order valence-corrected chi connectivity index (χ0v) is 13.6. The number of hydrogen-bond acceptors (Lipinski definition) is 5. The van der Waals surface area contributed by atoms with Crippen molar-refractivity contribution in [2.75, 3.05) is 11.5 Å². The van der Waals surface area contributed by atoms with Gasteiger partial charge in [-0.3, -0.25) is 4.98 Å². The van der Waals surface area contributed by atoms with Gasteiger partial charge in [0.15, 0.2) is 0 Å². The largest absolute Gasteiger partial charge is 0.398 e. The molecule has 0 amide bonds. The topological polar surface area (TPSA) is 105 Å². The van der Waals surface area contributed by atoms with E-state index >= 15 is 0 Å². The summed E-state index contributed by atoms with van der Waals surface area (Å²) in [5.41, 5.74) is 14.9. The maximum absolute atomic E-state index is 10.5. The lowest BCUT2D eigenvalue weighted by Crippen LogP contribution is -2.35. The van der Waals surface area contributed by atoms with Gasteiger partial charge in [0.2, 0.25) is 0 Å². The molecule has 2 aliphatic rings. The van der Waals surface area contributed by atoms with E-state index in [0.717, 1.165) is 42.4 Å². The van der Waals surface area contributed by atoms with Crippen molar-refractivity contribution in [3.8, 4) is 11.1 Å². The molecular weight excluding hydrogens is 302 g/mol. The first kappa shape index (κ1) is 15.4. The molecule has 0 spiro atoms. The summed E-state index contributed by atoms with van der Waals surface area (Å²) in [5, 5.41) is 20.9. The van der Waals surface area contributed by atoms with Crippen molar-refractivity contribution >= 4 is 11.4 Å². The van der Waals surface area contributed by atoms with Crippen LogP contribution in [0.15, 0.2) is 30.5 Å². The maximum Gasteiger partial charge on any atom is 0.109 e. The highest BCUT2D eigenvalue weighted by Crippen LogP contribution is 2.45. The van der Waals surface area contributed by atoms with Crippen molar-refractivity contribution in [3.05, 3.63) is 41.7 Å². The molecule has 0 bridgehead atoms. The summed E-state index contributed by atoms with van der Waals surface area (Å²) < 4.78 is 0. The van der Waals surface area contributed by atoms with Crippen molar-refractivity contribution in [2.24, 2.45) is 0 Å². The Labute approximate surface area is 141 Å². The third kappa shape index (κ3) is 2.27. The average molecular weight is 325 g/mol. The number of nitrogens with zero attached hydrogens (tertiary/aromatic N) is 1. The number of pyridine rings is 1. The highest BCUT2D eigenvalue weighted by atomic mass is 16.3. The minimum Gasteiger partial charge on any atom is -0.398 e. The Morgan fingerprint density at radius 2 is 1.46 bits per heavy atom. The summed E-state index contributed by atoms with van der Waals surface area (Å²) in [7, 11) is 0. The monoisotopic (exact) mass is 325 g/mol. The Hall–Kier alpha value is -2.11. The van der Waals surface area contributed by atoms with Gasteiger partial charge in [0.05, 0.1) is 17.0 Å². The molecule has 5 heteroatoms. The van der Waals surface area contributed by atoms with Gasteiger partial charge >= 0.3 is 0 Å². The van der Waals surface area contributed by atoms with Gasteiger partial charge in [-0.1, -0.05) is 12.1 Å². The quantitative estimate of drug-likeness (QED) is 0.649. The number of aliphatic hydroxyl groups is 2. The molecule has 4 rings (SSSR count). The minimum atomic E-state index is -0.862. The zero-order valence-electron chi connectivity index (χ0n) is 13.6. The first-order chi connectivity index (χ1) is 11.4. The number of rotatable bonds is 3. The van der Waals surface area contributed by atoms with Crippen LogP contribution in [0, 0.1) is 0 Å². The lowest BCUT2D eigenvalue weighted by molar-refractivity contribution is -0.0418. The van der Waals surface area contributed by atoms with Crippen LogP contribution in [0.3, 0.4) is 0 Å². The number of nitrogen functional groups attached to an aromatic ring is 2. The van der Waals surface area contributed by atoms with Gasteiger partial charge in [-0.2, -0.15) is 0 Å².